The predicted molar refractivity (Wildman–Crippen MR) is 40.3 cm³/mol. The van der Waals surface area contributed by atoms with Gasteiger partial charge < -0.3 is 12.4 Å². The molecule has 1 aromatic heterocycles. The number of nitrogens with zero attached hydrogens (tertiary/aromatic N) is 1. The molecule has 1 rings (SSSR count). The molecular weight excluding hydrogens is 249 g/mol. The molecule has 1 heterocycles. The van der Waals surface area contributed by atoms with Crippen LogP contribution in [0.1, 0.15) is 18.2 Å². The molecule has 0 saturated carbocycles. The van der Waals surface area contributed by atoms with Crippen molar-refractivity contribution in [1.82, 2.24) is 4.98 Å². The van der Waals surface area contributed by atoms with Crippen molar-refractivity contribution in [1.29, 1.82) is 0 Å². The van der Waals surface area contributed by atoms with E-state index in [2.05, 4.69) is 24.9 Å². The topological polar surface area (TPSA) is 14.1 Å². The largest absolute Gasteiger partial charge is 0.667 e. The standard InChI is InChI=1S/C7H10N.CH3.La/c1-3-7-4-6(2)5-8-7;;/h4-5H,3H2,1-2H3;1H3;/q2*-1;. The Kier molecular flexibility index (Phi) is 8.12. The second kappa shape index (κ2) is 6.20. The van der Waals surface area contributed by atoms with Crippen molar-refractivity contribution in [2.45, 2.75) is 20.3 Å². The van der Waals surface area contributed by atoms with Crippen molar-refractivity contribution in [3.05, 3.63) is 30.9 Å². The maximum Gasteiger partial charge on any atom is 0 e. The first-order valence-corrected chi connectivity index (χ1v) is 2.91. The van der Waals surface area contributed by atoms with Gasteiger partial charge >= 0.3 is 0 Å². The summed E-state index contributed by atoms with van der Waals surface area (Å²) in [4.78, 5) is 4.13. The van der Waals surface area contributed by atoms with Gasteiger partial charge in [0.1, 0.15) is 0 Å². The van der Waals surface area contributed by atoms with E-state index in [0.717, 1.165) is 6.42 Å². The Bertz CT molecular complexity index is 170. The van der Waals surface area contributed by atoms with Crippen LogP contribution in [-0.4, -0.2) is 0 Å². The molecule has 0 spiro atoms. The Morgan fingerprint density at radius 3 is 2.30 bits per heavy atom. The van der Waals surface area contributed by atoms with Crippen LogP contribution in [0.4, 0.5) is 0 Å². The minimum absolute atomic E-state index is 0. The Balaban J connectivity index is 0. The van der Waals surface area contributed by atoms with Crippen LogP contribution < -0.4 is 4.98 Å². The zero-order valence-corrected chi connectivity index (χ0v) is 10.5. The average molecular weight is 262 g/mol. The van der Waals surface area contributed by atoms with Gasteiger partial charge in [0.25, 0.3) is 0 Å². The normalized spacial score (nSPS) is 7.80. The van der Waals surface area contributed by atoms with E-state index in [1.165, 1.54) is 11.3 Å². The average Bonchev–Trinajstić information content (AvgIpc) is 2.14. The van der Waals surface area contributed by atoms with Crippen LogP contribution >= 0.6 is 0 Å². The van der Waals surface area contributed by atoms with E-state index in [9.17, 15) is 0 Å². The van der Waals surface area contributed by atoms with Crippen molar-refractivity contribution >= 4 is 0 Å². The summed E-state index contributed by atoms with van der Waals surface area (Å²) < 4.78 is 0. The molecule has 10 heavy (non-hydrogen) atoms. The predicted octanol–water partition coefficient (Wildman–Crippen LogP) is 1.96. The van der Waals surface area contributed by atoms with Crippen molar-refractivity contribution in [2.75, 3.05) is 0 Å². The van der Waals surface area contributed by atoms with E-state index in [1.807, 2.05) is 6.20 Å². The molecule has 0 aliphatic carbocycles. The molecule has 0 amide bonds. The zero-order chi connectivity index (χ0) is 5.98. The summed E-state index contributed by atoms with van der Waals surface area (Å²) in [5, 5.41) is 0. The summed E-state index contributed by atoms with van der Waals surface area (Å²) in [5.41, 5.74) is 2.46. The minimum Gasteiger partial charge on any atom is -0.667 e. The van der Waals surface area contributed by atoms with E-state index >= 15 is 0 Å². The number of aryl methyl sites for hydroxylation is 2. The summed E-state index contributed by atoms with van der Waals surface area (Å²) in [6, 6.07) is 2.11. The summed E-state index contributed by atoms with van der Waals surface area (Å²) in [5.74, 6) is 0. The quantitative estimate of drug-likeness (QED) is 0.706. The number of aromatic nitrogens is 1. The number of hydrogen-bond donors (Lipinski definition) is 0. The van der Waals surface area contributed by atoms with Crippen LogP contribution in [0.3, 0.4) is 0 Å². The van der Waals surface area contributed by atoms with Gasteiger partial charge in [0.05, 0.1) is 0 Å². The molecule has 55 valence electrons. The maximum atomic E-state index is 4.13. The van der Waals surface area contributed by atoms with Crippen LogP contribution in [0.15, 0.2) is 12.3 Å². The molecule has 0 bridgehead atoms. The molecule has 0 fully saturated rings. The molecule has 0 atom stereocenters. The summed E-state index contributed by atoms with van der Waals surface area (Å²) in [7, 11) is 0. The van der Waals surface area contributed by atoms with Crippen LogP contribution in [0, 0.1) is 49.9 Å². The van der Waals surface area contributed by atoms with Crippen LogP contribution in [-0.2, 0) is 6.42 Å². The first-order valence-electron chi connectivity index (χ1n) is 2.91. The number of hydrogen-bond acceptors (Lipinski definition) is 0. The van der Waals surface area contributed by atoms with Crippen molar-refractivity contribution in [3.8, 4) is 0 Å². The molecule has 0 aliphatic heterocycles. The fourth-order valence-electron chi connectivity index (χ4n) is 0.715. The smallest absolute Gasteiger partial charge is 0 e. The van der Waals surface area contributed by atoms with Gasteiger partial charge in [-0.15, -0.1) is 0 Å². The minimum atomic E-state index is 0. The van der Waals surface area contributed by atoms with Crippen LogP contribution in [0.2, 0.25) is 0 Å². The van der Waals surface area contributed by atoms with Gasteiger partial charge in [-0.05, 0) is 6.92 Å². The molecule has 1 aromatic rings. The monoisotopic (exact) mass is 262 g/mol. The third kappa shape index (κ3) is 3.60. The fourth-order valence-corrected chi connectivity index (χ4v) is 0.715. The van der Waals surface area contributed by atoms with E-state index < -0.39 is 0 Å². The fraction of sp³-hybridized carbons (Fsp3) is 0.375. The first kappa shape index (κ1) is 13.1. The molecule has 1 radical (unpaired) electrons. The zero-order valence-electron chi connectivity index (χ0n) is 6.89. The third-order valence-electron chi connectivity index (χ3n) is 1.19. The molecule has 0 aromatic carbocycles. The summed E-state index contributed by atoms with van der Waals surface area (Å²) in [6.45, 7) is 4.17. The molecule has 0 N–H and O–H groups in total. The van der Waals surface area contributed by atoms with Crippen molar-refractivity contribution < 1.29 is 35.6 Å². The van der Waals surface area contributed by atoms with Gasteiger partial charge in [-0.1, -0.05) is 25.0 Å². The van der Waals surface area contributed by atoms with E-state index in [-0.39, 0.29) is 43.0 Å². The van der Waals surface area contributed by atoms with Gasteiger partial charge in [0.15, 0.2) is 0 Å². The van der Waals surface area contributed by atoms with Gasteiger partial charge in [-0.2, -0.15) is 11.9 Å². The van der Waals surface area contributed by atoms with Gasteiger partial charge in [0, 0.05) is 35.6 Å². The maximum absolute atomic E-state index is 4.13. The second-order valence-electron chi connectivity index (χ2n) is 1.99. The molecule has 0 aliphatic rings. The van der Waals surface area contributed by atoms with Crippen molar-refractivity contribution in [2.24, 2.45) is 0 Å². The molecule has 2 heteroatoms. The van der Waals surface area contributed by atoms with Gasteiger partial charge in [0.2, 0.25) is 0 Å². The van der Waals surface area contributed by atoms with Crippen LogP contribution in [0.5, 0.6) is 0 Å². The summed E-state index contributed by atoms with van der Waals surface area (Å²) in [6.07, 6.45) is 2.95. The van der Waals surface area contributed by atoms with Gasteiger partial charge in [-0.3, -0.25) is 0 Å². The van der Waals surface area contributed by atoms with E-state index in [1.54, 1.807) is 0 Å². The summed E-state index contributed by atoms with van der Waals surface area (Å²) >= 11 is 0. The Labute approximate surface area is 91.2 Å². The van der Waals surface area contributed by atoms with Gasteiger partial charge in [-0.25, -0.2) is 0 Å². The van der Waals surface area contributed by atoms with Crippen LogP contribution in [0.25, 0.3) is 0 Å². The number of rotatable bonds is 1. The van der Waals surface area contributed by atoms with E-state index in [4.69, 9.17) is 0 Å². The van der Waals surface area contributed by atoms with Crippen molar-refractivity contribution in [3.63, 3.8) is 0 Å². The molecular formula is C8H13LaN-2. The Hall–Kier alpha value is 0.475. The molecule has 0 unspecified atom stereocenters. The molecule has 1 nitrogen and oxygen atoms in total. The SMILES string of the molecule is CCc1cc(C)c[n-]1.[CH3-].[La]. The Morgan fingerprint density at radius 2 is 2.10 bits per heavy atom. The third-order valence-corrected chi connectivity index (χ3v) is 1.19. The van der Waals surface area contributed by atoms with E-state index in [0.29, 0.717) is 0 Å². The molecule has 0 saturated heterocycles. The second-order valence-corrected chi connectivity index (χ2v) is 1.99. The first-order chi connectivity index (χ1) is 3.83. The Morgan fingerprint density at radius 1 is 1.50 bits per heavy atom.